The molecule has 0 saturated carbocycles. The largest absolute Gasteiger partial charge is 0.508 e. The highest BCUT2D eigenvalue weighted by molar-refractivity contribution is 7.91. The number of nitrogens with one attached hydrogen (secondary N) is 1. The van der Waals surface area contributed by atoms with Crippen LogP contribution in [0.25, 0.3) is 0 Å². The normalized spacial score (nSPS) is 25.1. The van der Waals surface area contributed by atoms with Gasteiger partial charge in [-0.15, -0.1) is 0 Å². The van der Waals surface area contributed by atoms with Gasteiger partial charge in [0.25, 0.3) is 0 Å². The standard InChI is InChI=1S/C18H27N3O4S/c1-3-6-19-18(23)21-8-7-20(15-11-26(24,25)12-16(15)21)10-14-4-5-17(22)13(2)9-14/h4-5,9,15-16,22H,3,6-8,10-12H2,1-2H3,(H,19,23)/t15-,16+/m0/s1. The van der Waals surface area contributed by atoms with E-state index in [1.807, 2.05) is 26.0 Å². The van der Waals surface area contributed by atoms with Gasteiger partial charge in [-0.05, 0) is 30.5 Å². The highest BCUT2D eigenvalue weighted by Gasteiger charge is 2.47. The van der Waals surface area contributed by atoms with Crippen LogP contribution in [0.4, 0.5) is 4.79 Å². The van der Waals surface area contributed by atoms with Crippen LogP contribution in [0.15, 0.2) is 18.2 Å². The Balaban J connectivity index is 1.77. The van der Waals surface area contributed by atoms with Crippen LogP contribution in [0.3, 0.4) is 0 Å². The smallest absolute Gasteiger partial charge is 0.317 e. The van der Waals surface area contributed by atoms with Crippen LogP contribution in [0.1, 0.15) is 24.5 Å². The second-order valence-electron chi connectivity index (χ2n) is 7.23. The number of aromatic hydroxyl groups is 1. The van der Waals surface area contributed by atoms with Crippen molar-refractivity contribution in [2.45, 2.75) is 38.9 Å². The summed E-state index contributed by atoms with van der Waals surface area (Å²) in [4.78, 5) is 16.3. The summed E-state index contributed by atoms with van der Waals surface area (Å²) in [6.07, 6.45) is 0.846. The molecule has 1 aromatic carbocycles. The first-order chi connectivity index (χ1) is 12.3. The van der Waals surface area contributed by atoms with E-state index in [1.54, 1.807) is 11.0 Å². The number of aryl methyl sites for hydroxylation is 1. The third kappa shape index (κ3) is 3.96. The number of benzene rings is 1. The number of sulfone groups is 1. The molecular formula is C18H27N3O4S. The molecule has 8 heteroatoms. The number of amides is 2. The van der Waals surface area contributed by atoms with Gasteiger partial charge in [0.05, 0.1) is 17.5 Å². The Morgan fingerprint density at radius 1 is 1.27 bits per heavy atom. The van der Waals surface area contributed by atoms with E-state index in [4.69, 9.17) is 0 Å². The first kappa shape index (κ1) is 19.0. The lowest BCUT2D eigenvalue weighted by atomic mass is 10.0. The van der Waals surface area contributed by atoms with Gasteiger partial charge in [0, 0.05) is 32.2 Å². The Hall–Kier alpha value is -1.80. The number of piperazine rings is 1. The lowest BCUT2D eigenvalue weighted by Crippen LogP contribution is -2.62. The first-order valence-corrected chi connectivity index (χ1v) is 10.9. The molecule has 2 heterocycles. The lowest BCUT2D eigenvalue weighted by Gasteiger charge is -2.43. The second kappa shape index (κ2) is 7.44. The highest BCUT2D eigenvalue weighted by Crippen LogP contribution is 2.29. The van der Waals surface area contributed by atoms with E-state index >= 15 is 0 Å². The minimum Gasteiger partial charge on any atom is -0.508 e. The van der Waals surface area contributed by atoms with Crippen LogP contribution in [0.2, 0.25) is 0 Å². The SMILES string of the molecule is CCCNC(=O)N1CCN(Cc2ccc(O)c(C)c2)[C@H]2CS(=O)(=O)C[C@H]21. The Morgan fingerprint density at radius 2 is 2.00 bits per heavy atom. The molecule has 26 heavy (non-hydrogen) atoms. The van der Waals surface area contributed by atoms with Crippen molar-refractivity contribution >= 4 is 15.9 Å². The molecular weight excluding hydrogens is 354 g/mol. The molecule has 3 rings (SSSR count). The minimum atomic E-state index is -3.16. The summed E-state index contributed by atoms with van der Waals surface area (Å²) in [5, 5.41) is 12.6. The number of hydrogen-bond acceptors (Lipinski definition) is 5. The lowest BCUT2D eigenvalue weighted by molar-refractivity contribution is 0.0607. The molecule has 2 aliphatic heterocycles. The third-order valence-corrected chi connectivity index (χ3v) is 6.92. The van der Waals surface area contributed by atoms with E-state index < -0.39 is 9.84 Å². The molecule has 2 saturated heterocycles. The maximum Gasteiger partial charge on any atom is 0.317 e. The van der Waals surface area contributed by atoms with Crippen LogP contribution in [0, 0.1) is 6.92 Å². The number of nitrogens with zero attached hydrogens (tertiary/aromatic N) is 2. The fourth-order valence-corrected chi connectivity index (χ4v) is 5.87. The van der Waals surface area contributed by atoms with Crippen molar-refractivity contribution in [1.82, 2.24) is 15.1 Å². The van der Waals surface area contributed by atoms with E-state index in [2.05, 4.69) is 10.2 Å². The predicted molar refractivity (Wildman–Crippen MR) is 99.9 cm³/mol. The Morgan fingerprint density at radius 3 is 2.69 bits per heavy atom. The summed E-state index contributed by atoms with van der Waals surface area (Å²) >= 11 is 0. The van der Waals surface area contributed by atoms with Gasteiger partial charge in [-0.2, -0.15) is 0 Å². The Labute approximate surface area is 154 Å². The van der Waals surface area contributed by atoms with Crippen LogP contribution in [-0.4, -0.2) is 72.6 Å². The van der Waals surface area contributed by atoms with Crippen LogP contribution in [0.5, 0.6) is 5.75 Å². The molecule has 2 amide bonds. The van der Waals surface area contributed by atoms with E-state index in [0.29, 0.717) is 26.2 Å². The number of urea groups is 1. The number of carbonyl (C=O) groups is 1. The molecule has 2 N–H and O–H groups in total. The molecule has 0 aromatic heterocycles. The summed E-state index contributed by atoms with van der Waals surface area (Å²) < 4.78 is 24.5. The number of hydrogen-bond donors (Lipinski definition) is 2. The fraction of sp³-hybridized carbons (Fsp3) is 0.611. The Bertz CT molecular complexity index is 781. The number of phenolic OH excluding ortho intramolecular Hbond substituents is 1. The molecule has 0 radical (unpaired) electrons. The van der Waals surface area contributed by atoms with Gasteiger partial charge in [-0.3, -0.25) is 4.90 Å². The van der Waals surface area contributed by atoms with Crippen molar-refractivity contribution in [2.24, 2.45) is 0 Å². The number of phenols is 1. The van der Waals surface area contributed by atoms with Crippen LogP contribution < -0.4 is 5.32 Å². The van der Waals surface area contributed by atoms with Gasteiger partial charge < -0.3 is 15.3 Å². The van der Waals surface area contributed by atoms with Crippen molar-refractivity contribution in [3.05, 3.63) is 29.3 Å². The third-order valence-electron chi connectivity index (χ3n) is 5.22. The average molecular weight is 381 g/mol. The van der Waals surface area contributed by atoms with Crippen molar-refractivity contribution in [3.8, 4) is 5.75 Å². The van der Waals surface area contributed by atoms with Crippen molar-refractivity contribution in [2.75, 3.05) is 31.1 Å². The number of carbonyl (C=O) groups excluding carboxylic acids is 1. The van der Waals surface area contributed by atoms with E-state index in [-0.39, 0.29) is 35.4 Å². The summed E-state index contributed by atoms with van der Waals surface area (Å²) in [7, 11) is -3.16. The Kier molecular flexibility index (Phi) is 5.43. The molecule has 2 fully saturated rings. The first-order valence-electron chi connectivity index (χ1n) is 9.08. The van der Waals surface area contributed by atoms with E-state index in [1.165, 1.54) is 0 Å². The zero-order valence-corrected chi connectivity index (χ0v) is 16.1. The summed E-state index contributed by atoms with van der Waals surface area (Å²) in [6, 6.07) is 4.80. The maximum atomic E-state index is 12.4. The summed E-state index contributed by atoms with van der Waals surface area (Å²) in [5.74, 6) is 0.377. The van der Waals surface area contributed by atoms with E-state index in [0.717, 1.165) is 17.5 Å². The fourth-order valence-electron chi connectivity index (χ4n) is 3.86. The average Bonchev–Trinajstić information content (AvgIpc) is 2.91. The zero-order chi connectivity index (χ0) is 18.9. The zero-order valence-electron chi connectivity index (χ0n) is 15.3. The highest BCUT2D eigenvalue weighted by atomic mass is 32.2. The number of rotatable bonds is 4. The minimum absolute atomic E-state index is 0.0301. The molecule has 0 aliphatic carbocycles. The summed E-state index contributed by atoms with van der Waals surface area (Å²) in [5.41, 5.74) is 1.84. The molecule has 2 atom stereocenters. The van der Waals surface area contributed by atoms with Gasteiger partial charge in [0.1, 0.15) is 5.75 Å². The van der Waals surface area contributed by atoms with Crippen LogP contribution in [-0.2, 0) is 16.4 Å². The predicted octanol–water partition coefficient (Wildman–Crippen LogP) is 1.10. The molecule has 2 aliphatic rings. The molecule has 0 unspecified atom stereocenters. The number of fused-ring (bicyclic) bond motifs is 1. The van der Waals surface area contributed by atoms with E-state index in [9.17, 15) is 18.3 Å². The molecule has 1 aromatic rings. The van der Waals surface area contributed by atoms with Crippen LogP contribution >= 0.6 is 0 Å². The van der Waals surface area contributed by atoms with Crippen molar-refractivity contribution < 1.29 is 18.3 Å². The molecule has 0 bridgehead atoms. The van der Waals surface area contributed by atoms with Gasteiger partial charge in [-0.1, -0.05) is 19.1 Å². The monoisotopic (exact) mass is 381 g/mol. The molecule has 144 valence electrons. The second-order valence-corrected chi connectivity index (χ2v) is 9.38. The topological polar surface area (TPSA) is 89.9 Å². The van der Waals surface area contributed by atoms with Crippen molar-refractivity contribution in [1.29, 1.82) is 0 Å². The maximum absolute atomic E-state index is 12.4. The van der Waals surface area contributed by atoms with Gasteiger partial charge in [0.2, 0.25) is 0 Å². The van der Waals surface area contributed by atoms with Gasteiger partial charge in [-0.25, -0.2) is 13.2 Å². The van der Waals surface area contributed by atoms with Gasteiger partial charge >= 0.3 is 6.03 Å². The summed E-state index contributed by atoms with van der Waals surface area (Å²) in [6.45, 7) is 6.19. The van der Waals surface area contributed by atoms with Crippen molar-refractivity contribution in [3.63, 3.8) is 0 Å². The van der Waals surface area contributed by atoms with Gasteiger partial charge in [0.15, 0.2) is 9.84 Å². The quantitative estimate of drug-likeness (QED) is 0.815. The molecule has 7 nitrogen and oxygen atoms in total. The molecule has 0 spiro atoms.